The van der Waals surface area contributed by atoms with Crippen LogP contribution in [0.5, 0.6) is 0 Å². The number of hydrogen-bond acceptors (Lipinski definition) is 5. The molecule has 6 nitrogen and oxygen atoms in total. The van der Waals surface area contributed by atoms with Gasteiger partial charge in [-0.25, -0.2) is 13.6 Å². The van der Waals surface area contributed by atoms with E-state index >= 15 is 0 Å². The molecule has 1 atom stereocenters. The van der Waals surface area contributed by atoms with Gasteiger partial charge in [0.2, 0.25) is 6.10 Å². The highest BCUT2D eigenvalue weighted by Crippen LogP contribution is 2.18. The maximum atomic E-state index is 13.5. The number of esters is 1. The van der Waals surface area contributed by atoms with Crippen molar-refractivity contribution in [3.8, 4) is 0 Å². The SMILES string of the molecule is Cc1ccc(CNC(=O)COC(=O)C2CC(c3cccc(F)c3)=NO2)cc1F. The zero-order valence-electron chi connectivity index (χ0n) is 15.1. The first-order valence-corrected chi connectivity index (χ1v) is 8.59. The van der Waals surface area contributed by atoms with E-state index in [0.29, 0.717) is 22.4 Å². The molecule has 3 rings (SSSR count). The van der Waals surface area contributed by atoms with E-state index in [2.05, 4.69) is 10.5 Å². The lowest BCUT2D eigenvalue weighted by Crippen LogP contribution is -2.31. The van der Waals surface area contributed by atoms with Crippen LogP contribution in [-0.4, -0.2) is 30.3 Å². The Bertz CT molecular complexity index is 930. The van der Waals surface area contributed by atoms with E-state index in [4.69, 9.17) is 9.57 Å². The number of carbonyl (C=O) groups is 2. The molecule has 28 heavy (non-hydrogen) atoms. The van der Waals surface area contributed by atoms with Gasteiger partial charge in [0.05, 0.1) is 5.71 Å². The zero-order valence-corrected chi connectivity index (χ0v) is 15.1. The van der Waals surface area contributed by atoms with Crippen molar-refractivity contribution in [2.24, 2.45) is 5.16 Å². The van der Waals surface area contributed by atoms with Crippen molar-refractivity contribution in [1.29, 1.82) is 0 Å². The van der Waals surface area contributed by atoms with Crippen molar-refractivity contribution in [2.45, 2.75) is 26.0 Å². The number of carbonyl (C=O) groups excluding carboxylic acids is 2. The molecular formula is C20H18F2N2O4. The van der Waals surface area contributed by atoms with Crippen molar-refractivity contribution in [2.75, 3.05) is 6.61 Å². The fraction of sp³-hybridized carbons (Fsp3) is 0.250. The van der Waals surface area contributed by atoms with Gasteiger partial charge >= 0.3 is 5.97 Å². The Morgan fingerprint density at radius 2 is 2.07 bits per heavy atom. The maximum absolute atomic E-state index is 13.5. The van der Waals surface area contributed by atoms with E-state index in [1.165, 1.54) is 24.3 Å². The van der Waals surface area contributed by atoms with Gasteiger partial charge in [0.1, 0.15) is 11.6 Å². The summed E-state index contributed by atoms with van der Waals surface area (Å²) in [5.41, 5.74) is 2.04. The molecule has 1 aliphatic rings. The highest BCUT2D eigenvalue weighted by molar-refractivity contribution is 6.03. The van der Waals surface area contributed by atoms with Crippen LogP contribution in [0.3, 0.4) is 0 Å². The van der Waals surface area contributed by atoms with Crippen molar-refractivity contribution in [1.82, 2.24) is 5.32 Å². The average molecular weight is 388 g/mol. The Kier molecular flexibility index (Phi) is 5.98. The summed E-state index contributed by atoms with van der Waals surface area (Å²) in [7, 11) is 0. The fourth-order valence-corrected chi connectivity index (χ4v) is 2.57. The molecule has 0 radical (unpaired) electrons. The third kappa shape index (κ3) is 4.91. The molecule has 0 bridgehead atoms. The largest absolute Gasteiger partial charge is 0.453 e. The van der Waals surface area contributed by atoms with Crippen molar-refractivity contribution >= 4 is 17.6 Å². The molecule has 1 amide bonds. The summed E-state index contributed by atoms with van der Waals surface area (Å²) in [6.45, 7) is 1.26. The fourth-order valence-electron chi connectivity index (χ4n) is 2.57. The monoisotopic (exact) mass is 388 g/mol. The number of ether oxygens (including phenoxy) is 1. The van der Waals surface area contributed by atoms with Crippen LogP contribution in [0.4, 0.5) is 8.78 Å². The van der Waals surface area contributed by atoms with Crippen LogP contribution in [0.15, 0.2) is 47.6 Å². The van der Waals surface area contributed by atoms with Crippen LogP contribution in [-0.2, 0) is 25.7 Å². The van der Waals surface area contributed by atoms with Gasteiger partial charge < -0.3 is 14.9 Å². The molecule has 8 heteroatoms. The van der Waals surface area contributed by atoms with E-state index in [-0.39, 0.29) is 18.8 Å². The minimum Gasteiger partial charge on any atom is -0.453 e. The lowest BCUT2D eigenvalue weighted by Gasteiger charge is -2.10. The van der Waals surface area contributed by atoms with Crippen LogP contribution in [0.25, 0.3) is 0 Å². The molecular weight excluding hydrogens is 370 g/mol. The van der Waals surface area contributed by atoms with Crippen LogP contribution in [0.1, 0.15) is 23.1 Å². The second-order valence-corrected chi connectivity index (χ2v) is 6.31. The second kappa shape index (κ2) is 8.60. The quantitative estimate of drug-likeness (QED) is 0.772. The van der Waals surface area contributed by atoms with Crippen LogP contribution in [0.2, 0.25) is 0 Å². The number of halogens is 2. The summed E-state index contributed by atoms with van der Waals surface area (Å²) < 4.78 is 31.7. The number of nitrogens with zero attached hydrogens (tertiary/aromatic N) is 1. The van der Waals surface area contributed by atoms with E-state index in [1.807, 2.05) is 0 Å². The van der Waals surface area contributed by atoms with Crippen LogP contribution < -0.4 is 5.32 Å². The van der Waals surface area contributed by atoms with E-state index < -0.39 is 30.4 Å². The van der Waals surface area contributed by atoms with E-state index in [1.54, 1.807) is 25.1 Å². The second-order valence-electron chi connectivity index (χ2n) is 6.31. The normalized spacial score (nSPS) is 15.5. The Hall–Kier alpha value is -3.29. The molecule has 1 aliphatic heterocycles. The van der Waals surface area contributed by atoms with Gasteiger partial charge in [-0.3, -0.25) is 4.79 Å². The molecule has 0 saturated heterocycles. The van der Waals surface area contributed by atoms with Gasteiger partial charge in [-0.1, -0.05) is 29.4 Å². The standard InChI is InChI=1S/C20H18F2N2O4/c1-12-5-6-13(7-16(12)22)10-23-19(25)11-27-20(26)18-9-17(24-28-18)14-3-2-4-15(21)8-14/h2-8,18H,9-11H2,1H3,(H,23,25). The first kappa shape index (κ1) is 19.5. The molecule has 0 saturated carbocycles. The third-order valence-electron chi connectivity index (χ3n) is 4.16. The summed E-state index contributed by atoms with van der Waals surface area (Å²) in [5, 5.41) is 6.32. The van der Waals surface area contributed by atoms with Gasteiger partial charge in [-0.05, 0) is 36.2 Å². The van der Waals surface area contributed by atoms with Gasteiger partial charge in [0, 0.05) is 18.5 Å². The Morgan fingerprint density at radius 1 is 1.25 bits per heavy atom. The number of benzene rings is 2. The predicted molar refractivity (Wildman–Crippen MR) is 96.4 cm³/mol. The number of aryl methyl sites for hydroxylation is 1. The molecule has 146 valence electrons. The Morgan fingerprint density at radius 3 is 2.82 bits per heavy atom. The Labute approximate surface area is 160 Å². The van der Waals surface area contributed by atoms with Gasteiger partial charge in [0.15, 0.2) is 6.61 Å². The topological polar surface area (TPSA) is 77.0 Å². The first-order chi connectivity index (χ1) is 13.4. The van der Waals surface area contributed by atoms with Crippen LogP contribution in [0, 0.1) is 18.6 Å². The third-order valence-corrected chi connectivity index (χ3v) is 4.16. The Balaban J connectivity index is 1.43. The molecule has 2 aromatic carbocycles. The summed E-state index contributed by atoms with van der Waals surface area (Å²) in [6.07, 6.45) is -0.871. The molecule has 2 aromatic rings. The molecule has 0 aliphatic carbocycles. The number of hydrogen-bond donors (Lipinski definition) is 1. The zero-order chi connectivity index (χ0) is 20.1. The summed E-state index contributed by atoms with van der Waals surface area (Å²) >= 11 is 0. The minimum absolute atomic E-state index is 0.111. The number of oxime groups is 1. The van der Waals surface area contributed by atoms with Crippen molar-refractivity contribution < 1.29 is 27.9 Å². The maximum Gasteiger partial charge on any atom is 0.351 e. The molecule has 1 heterocycles. The van der Waals surface area contributed by atoms with E-state index in [9.17, 15) is 18.4 Å². The summed E-state index contributed by atoms with van der Waals surface area (Å²) in [5.74, 6) is -2.05. The summed E-state index contributed by atoms with van der Waals surface area (Å²) in [6, 6.07) is 10.4. The predicted octanol–water partition coefficient (Wildman–Crippen LogP) is 2.63. The van der Waals surface area contributed by atoms with Gasteiger partial charge in [-0.15, -0.1) is 0 Å². The smallest absolute Gasteiger partial charge is 0.351 e. The molecule has 0 spiro atoms. The molecule has 0 aromatic heterocycles. The van der Waals surface area contributed by atoms with Gasteiger partial charge in [0.25, 0.3) is 5.91 Å². The highest BCUT2D eigenvalue weighted by atomic mass is 19.1. The van der Waals surface area contributed by atoms with E-state index in [0.717, 1.165) is 0 Å². The lowest BCUT2D eigenvalue weighted by molar-refractivity contribution is -0.158. The van der Waals surface area contributed by atoms with Crippen molar-refractivity contribution in [3.05, 3.63) is 70.8 Å². The molecule has 1 unspecified atom stereocenters. The average Bonchev–Trinajstić information content (AvgIpc) is 3.17. The number of rotatable bonds is 6. The lowest BCUT2D eigenvalue weighted by atomic mass is 10.1. The molecule has 1 N–H and O–H groups in total. The highest BCUT2D eigenvalue weighted by Gasteiger charge is 2.30. The first-order valence-electron chi connectivity index (χ1n) is 8.59. The van der Waals surface area contributed by atoms with Crippen molar-refractivity contribution in [3.63, 3.8) is 0 Å². The van der Waals surface area contributed by atoms with Gasteiger partial charge in [-0.2, -0.15) is 0 Å². The number of nitrogens with one attached hydrogen (secondary N) is 1. The number of amides is 1. The minimum atomic E-state index is -0.989. The summed E-state index contributed by atoms with van der Waals surface area (Å²) in [4.78, 5) is 28.9. The molecule has 0 fully saturated rings. The van der Waals surface area contributed by atoms with Crippen LogP contribution >= 0.6 is 0 Å².